The molecule has 20 heavy (non-hydrogen) atoms. The first kappa shape index (κ1) is 13.7. The summed E-state index contributed by atoms with van der Waals surface area (Å²) in [7, 11) is -3.35. The van der Waals surface area contributed by atoms with Crippen LogP contribution in [0.3, 0.4) is 0 Å². The van der Waals surface area contributed by atoms with Crippen molar-refractivity contribution in [2.45, 2.75) is 24.7 Å². The van der Waals surface area contributed by atoms with Gasteiger partial charge >= 0.3 is 0 Å². The zero-order valence-corrected chi connectivity index (χ0v) is 12.9. The van der Waals surface area contributed by atoms with Crippen molar-refractivity contribution in [1.29, 1.82) is 0 Å². The molecular weight excluding hydrogens is 292 g/mol. The van der Waals surface area contributed by atoms with E-state index in [1.807, 2.05) is 18.4 Å². The van der Waals surface area contributed by atoms with E-state index in [2.05, 4.69) is 4.98 Å². The zero-order valence-electron chi connectivity index (χ0n) is 11.2. The van der Waals surface area contributed by atoms with Crippen LogP contribution < -0.4 is 0 Å². The van der Waals surface area contributed by atoms with Crippen LogP contribution in [0.2, 0.25) is 0 Å². The Morgan fingerprint density at radius 1 is 1.25 bits per heavy atom. The number of aryl methyl sites for hydroxylation is 1. The second kappa shape index (κ2) is 5.27. The van der Waals surface area contributed by atoms with Crippen molar-refractivity contribution in [1.82, 2.24) is 9.29 Å². The van der Waals surface area contributed by atoms with Crippen molar-refractivity contribution < 1.29 is 8.42 Å². The van der Waals surface area contributed by atoms with Crippen molar-refractivity contribution in [3.63, 3.8) is 0 Å². The maximum atomic E-state index is 12.5. The predicted molar refractivity (Wildman–Crippen MR) is 80.3 cm³/mol. The zero-order chi connectivity index (χ0) is 14.2. The summed E-state index contributed by atoms with van der Waals surface area (Å²) in [6, 6.07) is 7.07. The van der Waals surface area contributed by atoms with Gasteiger partial charge in [-0.1, -0.05) is 12.1 Å². The lowest BCUT2D eigenvalue weighted by Gasteiger charge is -2.15. The monoisotopic (exact) mass is 308 g/mol. The third-order valence-corrected chi connectivity index (χ3v) is 6.12. The lowest BCUT2D eigenvalue weighted by atomic mass is 10.2. The van der Waals surface area contributed by atoms with Gasteiger partial charge in [0.1, 0.15) is 0 Å². The Kier molecular flexibility index (Phi) is 3.62. The molecule has 2 heterocycles. The number of sulfonamides is 1. The van der Waals surface area contributed by atoms with Gasteiger partial charge in [0.25, 0.3) is 0 Å². The van der Waals surface area contributed by atoms with Crippen molar-refractivity contribution in [3.05, 3.63) is 34.7 Å². The van der Waals surface area contributed by atoms with Crippen LogP contribution in [-0.2, 0) is 10.0 Å². The first-order valence-electron chi connectivity index (χ1n) is 6.60. The van der Waals surface area contributed by atoms with Crippen LogP contribution in [0.5, 0.6) is 0 Å². The third kappa shape index (κ3) is 2.51. The molecule has 1 aromatic carbocycles. The molecule has 1 aliphatic heterocycles. The highest BCUT2D eigenvalue weighted by Gasteiger charge is 2.27. The van der Waals surface area contributed by atoms with E-state index < -0.39 is 10.0 Å². The number of benzene rings is 1. The molecule has 1 saturated heterocycles. The van der Waals surface area contributed by atoms with Crippen molar-refractivity contribution in [2.75, 3.05) is 13.1 Å². The summed E-state index contributed by atoms with van der Waals surface area (Å²) in [6.45, 7) is 3.20. The summed E-state index contributed by atoms with van der Waals surface area (Å²) in [5.41, 5.74) is 1.69. The minimum Gasteiger partial charge on any atom is -0.242 e. The smallest absolute Gasteiger partial charge is 0.242 e. The molecule has 1 aliphatic rings. The van der Waals surface area contributed by atoms with Crippen molar-refractivity contribution >= 4 is 21.4 Å². The number of nitrogens with zero attached hydrogens (tertiary/aromatic N) is 2. The van der Waals surface area contributed by atoms with E-state index in [4.69, 9.17) is 0 Å². The van der Waals surface area contributed by atoms with Gasteiger partial charge in [-0.25, -0.2) is 13.4 Å². The fourth-order valence-corrected chi connectivity index (χ4v) is 4.57. The van der Waals surface area contributed by atoms with E-state index >= 15 is 0 Å². The Hall–Kier alpha value is -1.24. The molecular formula is C14H16N2O2S2. The van der Waals surface area contributed by atoms with Crippen molar-refractivity contribution in [2.24, 2.45) is 0 Å². The molecule has 0 atom stereocenters. The summed E-state index contributed by atoms with van der Waals surface area (Å²) >= 11 is 1.57. The van der Waals surface area contributed by atoms with Gasteiger partial charge in [-0.15, -0.1) is 11.3 Å². The van der Waals surface area contributed by atoms with Gasteiger partial charge in [-0.05, 0) is 31.9 Å². The fraction of sp³-hybridized carbons (Fsp3) is 0.357. The average molecular weight is 308 g/mol. The molecule has 0 bridgehead atoms. The highest BCUT2D eigenvalue weighted by molar-refractivity contribution is 7.89. The van der Waals surface area contributed by atoms with Crippen LogP contribution in [0, 0.1) is 6.92 Å². The highest BCUT2D eigenvalue weighted by Crippen LogP contribution is 2.26. The Labute approximate surface area is 123 Å². The Balaban J connectivity index is 1.99. The standard InChI is InChI=1S/C14H16N2O2S2/c1-11-15-14(10-19-11)12-5-4-6-13(9-12)20(17,18)16-7-2-3-8-16/h4-6,9-10H,2-3,7-8H2,1H3. The van der Waals surface area contributed by atoms with E-state index in [1.54, 1.807) is 33.8 Å². The van der Waals surface area contributed by atoms with Crippen LogP contribution in [0.1, 0.15) is 17.8 Å². The summed E-state index contributed by atoms with van der Waals surface area (Å²) < 4.78 is 26.6. The van der Waals surface area contributed by atoms with Crippen LogP contribution in [0.15, 0.2) is 34.5 Å². The molecule has 1 aromatic heterocycles. The Morgan fingerprint density at radius 2 is 2.00 bits per heavy atom. The highest BCUT2D eigenvalue weighted by atomic mass is 32.2. The van der Waals surface area contributed by atoms with Gasteiger partial charge in [0, 0.05) is 24.0 Å². The van der Waals surface area contributed by atoms with Gasteiger partial charge in [0.05, 0.1) is 15.6 Å². The summed E-state index contributed by atoms with van der Waals surface area (Å²) in [6.07, 6.45) is 1.90. The molecule has 0 amide bonds. The SMILES string of the molecule is Cc1nc(-c2cccc(S(=O)(=O)N3CCCC3)c2)cs1. The topological polar surface area (TPSA) is 50.3 Å². The Bertz CT molecular complexity index is 716. The van der Waals surface area contributed by atoms with Crippen LogP contribution in [0.25, 0.3) is 11.3 Å². The number of thiazole rings is 1. The molecule has 0 N–H and O–H groups in total. The van der Waals surface area contributed by atoms with Crippen LogP contribution in [0.4, 0.5) is 0 Å². The van der Waals surface area contributed by atoms with E-state index in [9.17, 15) is 8.42 Å². The minimum atomic E-state index is -3.35. The molecule has 0 unspecified atom stereocenters. The number of hydrogen-bond donors (Lipinski definition) is 0. The van der Waals surface area contributed by atoms with Crippen molar-refractivity contribution in [3.8, 4) is 11.3 Å². The molecule has 1 fully saturated rings. The van der Waals surface area contributed by atoms with Gasteiger partial charge in [0.15, 0.2) is 0 Å². The van der Waals surface area contributed by atoms with E-state index in [0.29, 0.717) is 18.0 Å². The second-order valence-corrected chi connectivity index (χ2v) is 7.89. The number of aromatic nitrogens is 1. The van der Waals surface area contributed by atoms with Gasteiger partial charge in [0.2, 0.25) is 10.0 Å². The van der Waals surface area contributed by atoms with E-state index in [0.717, 1.165) is 29.1 Å². The lowest BCUT2D eigenvalue weighted by Crippen LogP contribution is -2.27. The molecule has 2 aromatic rings. The maximum absolute atomic E-state index is 12.5. The molecule has 3 rings (SSSR count). The number of rotatable bonds is 3. The van der Waals surface area contributed by atoms with Gasteiger partial charge in [-0.2, -0.15) is 4.31 Å². The largest absolute Gasteiger partial charge is 0.243 e. The van der Waals surface area contributed by atoms with Gasteiger partial charge in [-0.3, -0.25) is 0 Å². The lowest BCUT2D eigenvalue weighted by molar-refractivity contribution is 0.477. The molecule has 0 saturated carbocycles. The normalized spacial score (nSPS) is 16.6. The molecule has 6 heteroatoms. The average Bonchev–Trinajstić information content (AvgIpc) is 3.10. The molecule has 106 valence electrons. The first-order valence-corrected chi connectivity index (χ1v) is 8.92. The quantitative estimate of drug-likeness (QED) is 0.876. The fourth-order valence-electron chi connectivity index (χ4n) is 2.39. The first-order chi connectivity index (χ1) is 9.57. The van der Waals surface area contributed by atoms with Crippen LogP contribution in [-0.4, -0.2) is 30.8 Å². The predicted octanol–water partition coefficient (Wildman–Crippen LogP) is 2.90. The second-order valence-electron chi connectivity index (χ2n) is 4.89. The summed E-state index contributed by atoms with van der Waals surface area (Å²) in [5.74, 6) is 0. The summed E-state index contributed by atoms with van der Waals surface area (Å²) in [5, 5.41) is 2.93. The van der Waals surface area contributed by atoms with Crippen LogP contribution >= 0.6 is 11.3 Å². The van der Waals surface area contributed by atoms with E-state index in [1.165, 1.54) is 0 Å². The minimum absolute atomic E-state index is 0.363. The maximum Gasteiger partial charge on any atom is 0.243 e. The van der Waals surface area contributed by atoms with E-state index in [-0.39, 0.29) is 0 Å². The number of hydrogen-bond acceptors (Lipinski definition) is 4. The summed E-state index contributed by atoms with van der Waals surface area (Å²) in [4.78, 5) is 4.78. The molecule has 0 aliphatic carbocycles. The molecule has 0 spiro atoms. The third-order valence-electron chi connectivity index (χ3n) is 3.45. The molecule has 0 radical (unpaired) electrons. The van der Waals surface area contributed by atoms with Gasteiger partial charge < -0.3 is 0 Å². The molecule has 4 nitrogen and oxygen atoms in total. The Morgan fingerprint density at radius 3 is 2.65 bits per heavy atom.